The highest BCUT2D eigenvalue weighted by Gasteiger charge is 2.34. The van der Waals surface area contributed by atoms with Crippen LogP contribution in [0.4, 0.5) is 0 Å². The lowest BCUT2D eigenvalue weighted by atomic mass is 9.80. The zero-order valence-electron chi connectivity index (χ0n) is 23.0. The summed E-state index contributed by atoms with van der Waals surface area (Å²) >= 11 is 0. The minimum atomic E-state index is -0.366. The van der Waals surface area contributed by atoms with E-state index in [0.717, 1.165) is 6.42 Å². The van der Waals surface area contributed by atoms with Gasteiger partial charge >= 0.3 is 11.9 Å². The second-order valence-electron chi connectivity index (χ2n) is 11.9. The van der Waals surface area contributed by atoms with Crippen molar-refractivity contribution >= 4 is 11.9 Å². The molecule has 0 radical (unpaired) electrons. The van der Waals surface area contributed by atoms with Gasteiger partial charge in [-0.25, -0.2) is 0 Å². The molecule has 2 aromatic rings. The SMILES string of the molecule is CCOC(=O)CCC(=O)O[C@H]1CN[C@@H](C(c2ccc(C(C)(C)C)cc2)c2ccc(C(C)(C)C)cc2)C1. The molecule has 1 aliphatic rings. The lowest BCUT2D eigenvalue weighted by molar-refractivity contribution is -0.152. The highest BCUT2D eigenvalue weighted by atomic mass is 16.5. The van der Waals surface area contributed by atoms with E-state index in [4.69, 9.17) is 9.47 Å². The number of ether oxygens (including phenoxy) is 2. The van der Waals surface area contributed by atoms with Crippen molar-refractivity contribution in [2.24, 2.45) is 0 Å². The van der Waals surface area contributed by atoms with Crippen molar-refractivity contribution in [3.8, 4) is 0 Å². The van der Waals surface area contributed by atoms with Gasteiger partial charge in [-0.3, -0.25) is 9.59 Å². The number of nitrogens with one attached hydrogen (secondary N) is 1. The third-order valence-electron chi connectivity index (χ3n) is 6.94. The van der Waals surface area contributed by atoms with Gasteiger partial charge in [0.1, 0.15) is 6.10 Å². The van der Waals surface area contributed by atoms with Crippen LogP contribution in [0.25, 0.3) is 0 Å². The van der Waals surface area contributed by atoms with Crippen LogP contribution in [0, 0.1) is 0 Å². The van der Waals surface area contributed by atoms with Gasteiger partial charge in [-0.05, 0) is 40.0 Å². The van der Waals surface area contributed by atoms with E-state index in [1.807, 2.05) is 0 Å². The molecule has 1 heterocycles. The molecule has 0 aliphatic carbocycles. The van der Waals surface area contributed by atoms with Crippen LogP contribution in [0.15, 0.2) is 48.5 Å². The number of hydrogen-bond donors (Lipinski definition) is 1. The van der Waals surface area contributed by atoms with E-state index < -0.39 is 0 Å². The van der Waals surface area contributed by atoms with Gasteiger partial charge in [-0.1, -0.05) is 90.1 Å². The van der Waals surface area contributed by atoms with Crippen molar-refractivity contribution in [1.29, 1.82) is 0 Å². The van der Waals surface area contributed by atoms with Crippen molar-refractivity contribution in [2.75, 3.05) is 13.2 Å². The maximum absolute atomic E-state index is 12.3. The summed E-state index contributed by atoms with van der Waals surface area (Å²) in [6, 6.07) is 18.0. The minimum Gasteiger partial charge on any atom is -0.466 e. The Hall–Kier alpha value is -2.66. The molecule has 1 N–H and O–H groups in total. The fourth-order valence-electron chi connectivity index (χ4n) is 4.80. The summed E-state index contributed by atoms with van der Waals surface area (Å²) in [6.07, 6.45) is 0.609. The van der Waals surface area contributed by atoms with Gasteiger partial charge < -0.3 is 14.8 Å². The molecule has 0 unspecified atom stereocenters. The largest absolute Gasteiger partial charge is 0.466 e. The molecule has 196 valence electrons. The van der Waals surface area contributed by atoms with Crippen LogP contribution in [0.1, 0.15) is 95.9 Å². The number of rotatable bonds is 8. The molecule has 1 aliphatic heterocycles. The lowest BCUT2D eigenvalue weighted by Crippen LogP contribution is -2.30. The Morgan fingerprint density at radius 2 is 1.31 bits per heavy atom. The summed E-state index contributed by atoms with van der Waals surface area (Å²) in [4.78, 5) is 23.9. The molecular formula is C31H43NO4. The van der Waals surface area contributed by atoms with E-state index in [0.29, 0.717) is 13.2 Å². The quantitative estimate of drug-likeness (QED) is 0.455. The number of hydrogen-bond acceptors (Lipinski definition) is 5. The maximum atomic E-state index is 12.3. The zero-order valence-corrected chi connectivity index (χ0v) is 23.0. The Morgan fingerprint density at radius 1 is 0.833 bits per heavy atom. The Balaban J connectivity index is 1.78. The molecule has 2 atom stereocenters. The lowest BCUT2D eigenvalue weighted by Gasteiger charge is -2.27. The standard InChI is InChI=1S/C31H43NO4/c1-8-35-27(33)17-18-28(34)36-25-19-26(32-20-25)29(21-9-13-23(14-10-21)30(2,3)4)22-11-15-24(16-12-22)31(5,6)7/h9-16,25-26,29,32H,8,17-20H2,1-7H3/t25-,26-/m1/s1. The zero-order chi connectivity index (χ0) is 26.5. The van der Waals surface area contributed by atoms with E-state index in [-0.39, 0.29) is 53.7 Å². The molecule has 5 nitrogen and oxygen atoms in total. The normalized spacial score (nSPS) is 18.3. The molecule has 2 aromatic carbocycles. The Labute approximate surface area is 217 Å². The summed E-state index contributed by atoms with van der Waals surface area (Å²) in [6.45, 7) is 16.0. The summed E-state index contributed by atoms with van der Waals surface area (Å²) < 4.78 is 10.6. The molecule has 0 spiro atoms. The summed E-state index contributed by atoms with van der Waals surface area (Å²) in [5.74, 6) is -0.582. The molecule has 1 saturated heterocycles. The molecule has 1 fully saturated rings. The summed E-state index contributed by atoms with van der Waals surface area (Å²) in [5.41, 5.74) is 5.30. The number of esters is 2. The maximum Gasteiger partial charge on any atom is 0.306 e. The van der Waals surface area contributed by atoms with Crippen LogP contribution in [0.5, 0.6) is 0 Å². The monoisotopic (exact) mass is 493 g/mol. The minimum absolute atomic E-state index is 0.0476. The van der Waals surface area contributed by atoms with Gasteiger partial charge in [-0.15, -0.1) is 0 Å². The van der Waals surface area contributed by atoms with E-state index in [1.54, 1.807) is 6.92 Å². The molecule has 0 saturated carbocycles. The van der Waals surface area contributed by atoms with Crippen LogP contribution >= 0.6 is 0 Å². The predicted octanol–water partition coefficient (Wildman–Crippen LogP) is 6.03. The second kappa shape index (κ2) is 11.6. The molecule has 0 aromatic heterocycles. The van der Waals surface area contributed by atoms with E-state index >= 15 is 0 Å². The highest BCUT2D eigenvalue weighted by Crippen LogP contribution is 2.35. The van der Waals surface area contributed by atoms with Crippen molar-refractivity contribution < 1.29 is 19.1 Å². The molecule has 0 amide bonds. The first kappa shape index (κ1) is 27.9. The van der Waals surface area contributed by atoms with Gasteiger partial charge in [0, 0.05) is 24.9 Å². The van der Waals surface area contributed by atoms with Crippen LogP contribution in [0.3, 0.4) is 0 Å². The van der Waals surface area contributed by atoms with E-state index in [2.05, 4.69) is 95.4 Å². The van der Waals surface area contributed by atoms with Gasteiger partial charge in [0.05, 0.1) is 19.4 Å². The summed E-state index contributed by atoms with van der Waals surface area (Å²) in [7, 11) is 0. The molecule has 5 heteroatoms. The van der Waals surface area contributed by atoms with Crippen molar-refractivity contribution in [1.82, 2.24) is 5.32 Å². The molecule has 0 bridgehead atoms. The van der Waals surface area contributed by atoms with Gasteiger partial charge in [0.25, 0.3) is 0 Å². The number of carbonyl (C=O) groups excluding carboxylic acids is 2. The average molecular weight is 494 g/mol. The van der Waals surface area contributed by atoms with E-state index in [9.17, 15) is 9.59 Å². The molecule has 3 rings (SSSR count). The third-order valence-corrected chi connectivity index (χ3v) is 6.94. The van der Waals surface area contributed by atoms with Crippen LogP contribution in [-0.4, -0.2) is 37.2 Å². The predicted molar refractivity (Wildman–Crippen MR) is 144 cm³/mol. The smallest absolute Gasteiger partial charge is 0.306 e. The number of benzene rings is 2. The fourth-order valence-corrected chi connectivity index (χ4v) is 4.80. The third kappa shape index (κ3) is 7.42. The van der Waals surface area contributed by atoms with Gasteiger partial charge in [0.2, 0.25) is 0 Å². The molecule has 36 heavy (non-hydrogen) atoms. The topological polar surface area (TPSA) is 64.6 Å². The summed E-state index contributed by atoms with van der Waals surface area (Å²) in [5, 5.41) is 3.62. The fraction of sp³-hybridized carbons (Fsp3) is 0.548. The first-order valence-electron chi connectivity index (χ1n) is 13.2. The first-order chi connectivity index (χ1) is 16.9. The highest BCUT2D eigenvalue weighted by molar-refractivity contribution is 5.77. The van der Waals surface area contributed by atoms with Crippen molar-refractivity contribution in [3.05, 3.63) is 70.8 Å². The average Bonchev–Trinajstić information content (AvgIpc) is 3.25. The van der Waals surface area contributed by atoms with Crippen LogP contribution in [0.2, 0.25) is 0 Å². The Kier molecular flexibility index (Phi) is 8.99. The molecular weight excluding hydrogens is 450 g/mol. The van der Waals surface area contributed by atoms with Crippen molar-refractivity contribution in [2.45, 2.75) is 96.6 Å². The number of carbonyl (C=O) groups is 2. The van der Waals surface area contributed by atoms with Gasteiger partial charge in [0.15, 0.2) is 0 Å². The van der Waals surface area contributed by atoms with E-state index in [1.165, 1.54) is 22.3 Å². The van der Waals surface area contributed by atoms with Crippen LogP contribution < -0.4 is 5.32 Å². The first-order valence-corrected chi connectivity index (χ1v) is 13.2. The van der Waals surface area contributed by atoms with Gasteiger partial charge in [-0.2, -0.15) is 0 Å². The Bertz CT molecular complexity index is 955. The van der Waals surface area contributed by atoms with Crippen LogP contribution in [-0.2, 0) is 29.9 Å². The second-order valence-corrected chi connectivity index (χ2v) is 11.9. The van der Waals surface area contributed by atoms with Crippen molar-refractivity contribution in [3.63, 3.8) is 0 Å². The Morgan fingerprint density at radius 3 is 1.75 bits per heavy atom.